The van der Waals surface area contributed by atoms with Gasteiger partial charge in [0.2, 0.25) is 5.91 Å². The van der Waals surface area contributed by atoms with Gasteiger partial charge in [0.1, 0.15) is 0 Å². The van der Waals surface area contributed by atoms with Crippen LogP contribution in [0, 0.1) is 0 Å². The summed E-state index contributed by atoms with van der Waals surface area (Å²) in [5.41, 5.74) is 2.29. The van der Waals surface area contributed by atoms with Gasteiger partial charge in [-0.3, -0.25) is 4.79 Å². The van der Waals surface area contributed by atoms with Crippen LogP contribution in [-0.2, 0) is 4.79 Å². The van der Waals surface area contributed by atoms with Crippen LogP contribution >= 0.6 is 0 Å². The van der Waals surface area contributed by atoms with Crippen molar-refractivity contribution >= 4 is 23.3 Å². The molecule has 3 N–H and O–H groups in total. The molecule has 0 radical (unpaired) electrons. The molecule has 5 nitrogen and oxygen atoms in total. The topological polar surface area (TPSA) is 70.2 Å². The van der Waals surface area contributed by atoms with E-state index in [1.165, 1.54) is 6.92 Å². The minimum atomic E-state index is -0.295. The first-order valence-electron chi connectivity index (χ1n) is 7.04. The van der Waals surface area contributed by atoms with Gasteiger partial charge in [0.15, 0.2) is 0 Å². The zero-order valence-corrected chi connectivity index (χ0v) is 12.6. The minimum Gasteiger partial charge on any atom is -0.331 e. The monoisotopic (exact) mass is 297 g/mol. The molecule has 2 rings (SSSR count). The molecule has 0 unspecified atom stereocenters. The van der Waals surface area contributed by atoms with Gasteiger partial charge in [0.05, 0.1) is 6.04 Å². The molecular weight excluding hydrogens is 278 g/mol. The Morgan fingerprint density at radius 2 is 1.55 bits per heavy atom. The Balaban J connectivity index is 1.96. The number of anilines is 2. The molecule has 0 fully saturated rings. The molecule has 2 aromatic rings. The Morgan fingerprint density at radius 1 is 0.909 bits per heavy atom. The Bertz CT molecular complexity index is 656. The maximum atomic E-state index is 12.0. The van der Waals surface area contributed by atoms with Crippen molar-refractivity contribution < 1.29 is 9.59 Å². The van der Waals surface area contributed by atoms with Crippen LogP contribution in [0.3, 0.4) is 0 Å². The number of benzene rings is 2. The number of urea groups is 1. The third-order valence-electron chi connectivity index (χ3n) is 3.09. The molecule has 0 saturated carbocycles. The number of carbonyl (C=O) groups excluding carboxylic acids is 2. The number of rotatable bonds is 4. The van der Waals surface area contributed by atoms with E-state index in [2.05, 4.69) is 16.0 Å². The molecule has 1 atom stereocenters. The maximum absolute atomic E-state index is 12.0. The summed E-state index contributed by atoms with van der Waals surface area (Å²) in [5, 5.41) is 8.30. The van der Waals surface area contributed by atoms with E-state index in [-0.39, 0.29) is 18.0 Å². The molecule has 3 amide bonds. The lowest BCUT2D eigenvalue weighted by Gasteiger charge is -2.15. The van der Waals surface area contributed by atoms with Gasteiger partial charge in [-0.25, -0.2) is 4.79 Å². The number of amides is 3. The standard InChI is InChI=1S/C17H19N3O2/c1-12(14-7-4-3-5-8-14)18-17(22)20-16-10-6-9-15(11-16)19-13(2)21/h3-12H,1-2H3,(H,19,21)(H2,18,20,22)/t12-/m1/s1. The van der Waals surface area contributed by atoms with Gasteiger partial charge < -0.3 is 16.0 Å². The van der Waals surface area contributed by atoms with Gasteiger partial charge in [-0.1, -0.05) is 36.4 Å². The molecule has 0 aliphatic carbocycles. The predicted molar refractivity (Wildman–Crippen MR) is 87.8 cm³/mol. The van der Waals surface area contributed by atoms with Crippen molar-refractivity contribution in [2.24, 2.45) is 0 Å². The minimum absolute atomic E-state index is 0.0975. The quantitative estimate of drug-likeness (QED) is 0.808. The fraction of sp³-hybridized carbons (Fsp3) is 0.176. The highest BCUT2D eigenvalue weighted by molar-refractivity contribution is 5.92. The van der Waals surface area contributed by atoms with Crippen molar-refractivity contribution in [1.29, 1.82) is 0 Å². The van der Waals surface area contributed by atoms with Crippen molar-refractivity contribution in [3.05, 3.63) is 60.2 Å². The van der Waals surface area contributed by atoms with Crippen LogP contribution < -0.4 is 16.0 Å². The smallest absolute Gasteiger partial charge is 0.319 e. The van der Waals surface area contributed by atoms with Crippen molar-refractivity contribution in [1.82, 2.24) is 5.32 Å². The molecule has 0 saturated heterocycles. The van der Waals surface area contributed by atoms with E-state index in [4.69, 9.17) is 0 Å². The van der Waals surface area contributed by atoms with Crippen LogP contribution in [-0.4, -0.2) is 11.9 Å². The van der Waals surface area contributed by atoms with Gasteiger partial charge in [-0.05, 0) is 30.7 Å². The lowest BCUT2D eigenvalue weighted by molar-refractivity contribution is -0.114. The molecule has 0 aliphatic heterocycles. The van der Waals surface area contributed by atoms with Crippen LogP contribution in [0.2, 0.25) is 0 Å². The third-order valence-corrected chi connectivity index (χ3v) is 3.09. The van der Waals surface area contributed by atoms with Crippen molar-refractivity contribution in [3.8, 4) is 0 Å². The summed E-state index contributed by atoms with van der Waals surface area (Å²) in [7, 11) is 0. The summed E-state index contributed by atoms with van der Waals surface area (Å²) >= 11 is 0. The Morgan fingerprint density at radius 3 is 2.18 bits per heavy atom. The number of nitrogens with one attached hydrogen (secondary N) is 3. The first kappa shape index (κ1) is 15.6. The first-order valence-corrected chi connectivity index (χ1v) is 7.04. The number of carbonyl (C=O) groups is 2. The normalized spacial score (nSPS) is 11.4. The molecule has 0 spiro atoms. The lowest BCUT2D eigenvalue weighted by atomic mass is 10.1. The highest BCUT2D eigenvalue weighted by Gasteiger charge is 2.09. The molecule has 22 heavy (non-hydrogen) atoms. The van der Waals surface area contributed by atoms with Gasteiger partial charge in [-0.2, -0.15) is 0 Å². The molecule has 2 aromatic carbocycles. The highest BCUT2D eigenvalue weighted by atomic mass is 16.2. The van der Waals surface area contributed by atoms with E-state index in [0.29, 0.717) is 11.4 Å². The van der Waals surface area contributed by atoms with Gasteiger partial charge in [0.25, 0.3) is 0 Å². The summed E-state index contributed by atoms with van der Waals surface area (Å²) in [5.74, 6) is -0.153. The van der Waals surface area contributed by atoms with Crippen LogP contribution in [0.5, 0.6) is 0 Å². The summed E-state index contributed by atoms with van der Waals surface area (Å²) in [6.07, 6.45) is 0. The van der Waals surface area contributed by atoms with Crippen LogP contribution in [0.15, 0.2) is 54.6 Å². The Kier molecular flexibility index (Phi) is 5.14. The molecule has 0 aliphatic rings. The molecule has 5 heteroatoms. The van der Waals surface area contributed by atoms with Crippen molar-refractivity contribution in [3.63, 3.8) is 0 Å². The molecule has 114 valence electrons. The van der Waals surface area contributed by atoms with E-state index in [9.17, 15) is 9.59 Å². The van der Waals surface area contributed by atoms with E-state index in [0.717, 1.165) is 5.56 Å². The average Bonchev–Trinajstić information content (AvgIpc) is 2.47. The van der Waals surface area contributed by atoms with Gasteiger partial charge in [-0.15, -0.1) is 0 Å². The van der Waals surface area contributed by atoms with E-state index >= 15 is 0 Å². The van der Waals surface area contributed by atoms with Crippen LogP contribution in [0.1, 0.15) is 25.5 Å². The zero-order valence-electron chi connectivity index (χ0n) is 12.6. The largest absolute Gasteiger partial charge is 0.331 e. The van der Waals surface area contributed by atoms with Crippen molar-refractivity contribution in [2.75, 3.05) is 10.6 Å². The SMILES string of the molecule is CC(=O)Nc1cccc(NC(=O)N[C@H](C)c2ccccc2)c1. The second-order valence-electron chi connectivity index (χ2n) is 4.99. The van der Waals surface area contributed by atoms with Crippen LogP contribution in [0.4, 0.5) is 16.2 Å². The summed E-state index contributed by atoms with van der Waals surface area (Å²) in [4.78, 5) is 23.1. The maximum Gasteiger partial charge on any atom is 0.319 e. The molecule has 0 heterocycles. The lowest BCUT2D eigenvalue weighted by Crippen LogP contribution is -2.31. The number of hydrogen-bond donors (Lipinski definition) is 3. The summed E-state index contributed by atoms with van der Waals surface area (Å²) < 4.78 is 0. The van der Waals surface area contributed by atoms with E-state index in [1.54, 1.807) is 24.3 Å². The predicted octanol–water partition coefficient (Wildman–Crippen LogP) is 3.53. The third kappa shape index (κ3) is 4.63. The molecule has 0 bridgehead atoms. The molecular formula is C17H19N3O2. The fourth-order valence-corrected chi connectivity index (χ4v) is 2.07. The van der Waals surface area contributed by atoms with E-state index in [1.807, 2.05) is 37.3 Å². The fourth-order valence-electron chi connectivity index (χ4n) is 2.07. The average molecular weight is 297 g/mol. The van der Waals surface area contributed by atoms with Crippen molar-refractivity contribution in [2.45, 2.75) is 19.9 Å². The second kappa shape index (κ2) is 7.26. The second-order valence-corrected chi connectivity index (χ2v) is 4.99. The summed E-state index contributed by atoms with van der Waals surface area (Å²) in [6.45, 7) is 3.36. The van der Waals surface area contributed by atoms with Gasteiger partial charge in [0, 0.05) is 18.3 Å². The zero-order chi connectivity index (χ0) is 15.9. The Labute approximate surface area is 129 Å². The Hall–Kier alpha value is -2.82. The van der Waals surface area contributed by atoms with Gasteiger partial charge >= 0.3 is 6.03 Å². The molecule has 0 aromatic heterocycles. The van der Waals surface area contributed by atoms with E-state index < -0.39 is 0 Å². The van der Waals surface area contributed by atoms with Crippen LogP contribution in [0.25, 0.3) is 0 Å². The summed E-state index contributed by atoms with van der Waals surface area (Å²) in [6, 6.07) is 16.3. The number of hydrogen-bond acceptors (Lipinski definition) is 2. The first-order chi connectivity index (χ1) is 10.5. The highest BCUT2D eigenvalue weighted by Crippen LogP contribution is 2.16.